The van der Waals surface area contributed by atoms with Gasteiger partial charge >= 0.3 is 5.97 Å². The van der Waals surface area contributed by atoms with Crippen molar-refractivity contribution in [2.75, 3.05) is 37.6 Å². The summed E-state index contributed by atoms with van der Waals surface area (Å²) < 4.78 is 0. The second kappa shape index (κ2) is 8.85. The zero-order valence-corrected chi connectivity index (χ0v) is 15.4. The van der Waals surface area contributed by atoms with E-state index in [1.165, 1.54) is 11.3 Å². The zero-order chi connectivity index (χ0) is 18.4. The Morgan fingerprint density at radius 3 is 2.44 bits per heavy atom. The lowest BCUT2D eigenvalue weighted by atomic mass is 10.0. The van der Waals surface area contributed by atoms with Crippen molar-refractivity contribution in [3.8, 4) is 0 Å². The number of hydrogen-bond acceptors (Lipinski definition) is 4. The first-order valence-corrected chi connectivity index (χ1v) is 8.93. The summed E-state index contributed by atoms with van der Waals surface area (Å²) >= 11 is 0. The molecule has 1 fully saturated rings. The van der Waals surface area contributed by atoms with Crippen molar-refractivity contribution in [2.24, 2.45) is 5.92 Å². The Labute approximate surface area is 149 Å². The van der Waals surface area contributed by atoms with Gasteiger partial charge in [0, 0.05) is 44.8 Å². The molecule has 138 valence electrons. The molecular weight excluding hydrogens is 318 g/mol. The molecule has 0 unspecified atom stereocenters. The topological polar surface area (TPSA) is 72.9 Å². The first-order chi connectivity index (χ1) is 11.9. The number of piperazine rings is 1. The van der Waals surface area contributed by atoms with E-state index in [0.29, 0.717) is 13.0 Å². The Kier molecular flexibility index (Phi) is 6.82. The Bertz CT molecular complexity index is 595. The largest absolute Gasteiger partial charge is 0.480 e. The van der Waals surface area contributed by atoms with E-state index in [-0.39, 0.29) is 11.8 Å². The van der Waals surface area contributed by atoms with E-state index < -0.39 is 12.0 Å². The number of carbonyl (C=O) groups excluding carboxylic acids is 1. The highest BCUT2D eigenvalue weighted by Gasteiger charge is 2.24. The lowest BCUT2D eigenvalue weighted by Gasteiger charge is -2.36. The highest BCUT2D eigenvalue weighted by Crippen LogP contribution is 2.17. The van der Waals surface area contributed by atoms with Gasteiger partial charge in [-0.15, -0.1) is 0 Å². The number of benzene rings is 1. The standard InChI is InChI=1S/C19H29N3O3/c1-14(2)18(19(24)25)20-17(23)7-8-21-9-11-22(12-10-21)16-6-4-5-15(3)13-16/h4-6,13-14,18H,7-12H2,1-3H3,(H,20,23)(H,24,25)/t18-/m1/s1. The van der Waals surface area contributed by atoms with E-state index in [1.807, 2.05) is 0 Å². The quantitative estimate of drug-likeness (QED) is 0.786. The molecule has 1 saturated heterocycles. The number of rotatable bonds is 7. The Morgan fingerprint density at radius 2 is 1.88 bits per heavy atom. The van der Waals surface area contributed by atoms with Gasteiger partial charge in [-0.3, -0.25) is 9.69 Å². The van der Waals surface area contributed by atoms with Gasteiger partial charge in [-0.2, -0.15) is 0 Å². The molecule has 6 heteroatoms. The molecule has 0 aliphatic carbocycles. The zero-order valence-electron chi connectivity index (χ0n) is 15.4. The molecule has 1 aliphatic heterocycles. The third kappa shape index (κ3) is 5.74. The fraction of sp³-hybridized carbons (Fsp3) is 0.579. The second-order valence-corrected chi connectivity index (χ2v) is 7.05. The third-order valence-electron chi connectivity index (χ3n) is 4.64. The fourth-order valence-corrected chi connectivity index (χ4v) is 3.07. The van der Waals surface area contributed by atoms with Crippen LogP contribution < -0.4 is 10.2 Å². The van der Waals surface area contributed by atoms with Crippen LogP contribution in [0.25, 0.3) is 0 Å². The van der Waals surface area contributed by atoms with Crippen molar-refractivity contribution in [3.63, 3.8) is 0 Å². The van der Waals surface area contributed by atoms with Gasteiger partial charge in [-0.1, -0.05) is 26.0 Å². The van der Waals surface area contributed by atoms with Crippen molar-refractivity contribution in [1.29, 1.82) is 0 Å². The molecule has 25 heavy (non-hydrogen) atoms. The number of hydrogen-bond donors (Lipinski definition) is 2. The molecule has 1 heterocycles. The molecule has 1 aromatic rings. The molecular formula is C19H29N3O3. The maximum atomic E-state index is 12.0. The van der Waals surface area contributed by atoms with Crippen LogP contribution in [0.4, 0.5) is 5.69 Å². The van der Waals surface area contributed by atoms with E-state index in [9.17, 15) is 9.59 Å². The van der Waals surface area contributed by atoms with Gasteiger partial charge in [-0.25, -0.2) is 4.79 Å². The summed E-state index contributed by atoms with van der Waals surface area (Å²) in [5, 5.41) is 11.8. The molecule has 6 nitrogen and oxygen atoms in total. The number of carboxylic acids is 1. The van der Waals surface area contributed by atoms with Crippen molar-refractivity contribution < 1.29 is 14.7 Å². The SMILES string of the molecule is Cc1cccc(N2CCN(CCC(=O)N[C@@H](C(=O)O)C(C)C)CC2)c1. The van der Waals surface area contributed by atoms with Gasteiger partial charge in [0.25, 0.3) is 0 Å². The average Bonchev–Trinajstić information content (AvgIpc) is 2.57. The average molecular weight is 347 g/mol. The highest BCUT2D eigenvalue weighted by atomic mass is 16.4. The van der Waals surface area contributed by atoms with E-state index in [2.05, 4.69) is 46.3 Å². The molecule has 0 aromatic heterocycles. The number of carbonyl (C=O) groups is 2. The lowest BCUT2D eigenvalue weighted by Crippen LogP contribution is -2.48. The minimum absolute atomic E-state index is 0.126. The molecule has 2 rings (SSSR count). The maximum absolute atomic E-state index is 12.0. The van der Waals surface area contributed by atoms with Gasteiger partial charge in [-0.05, 0) is 30.5 Å². The predicted octanol–water partition coefficient (Wildman–Crippen LogP) is 1.73. The monoisotopic (exact) mass is 347 g/mol. The number of aryl methyl sites for hydroxylation is 1. The summed E-state index contributed by atoms with van der Waals surface area (Å²) in [6, 6.07) is 7.69. The van der Waals surface area contributed by atoms with Crippen molar-refractivity contribution in [3.05, 3.63) is 29.8 Å². The van der Waals surface area contributed by atoms with E-state index in [1.54, 1.807) is 13.8 Å². The first-order valence-electron chi connectivity index (χ1n) is 8.93. The molecule has 1 amide bonds. The second-order valence-electron chi connectivity index (χ2n) is 7.05. The Hall–Kier alpha value is -2.08. The maximum Gasteiger partial charge on any atom is 0.326 e. The minimum Gasteiger partial charge on any atom is -0.480 e. The van der Waals surface area contributed by atoms with Crippen LogP contribution in [-0.2, 0) is 9.59 Å². The van der Waals surface area contributed by atoms with Gasteiger partial charge < -0.3 is 15.3 Å². The molecule has 0 radical (unpaired) electrons. The van der Waals surface area contributed by atoms with E-state index in [4.69, 9.17) is 5.11 Å². The van der Waals surface area contributed by atoms with Gasteiger partial charge in [0.05, 0.1) is 0 Å². The first kappa shape index (κ1) is 19.2. The summed E-state index contributed by atoms with van der Waals surface area (Å²) in [5.74, 6) is -1.29. The van der Waals surface area contributed by atoms with Gasteiger partial charge in [0.1, 0.15) is 6.04 Å². The molecule has 1 aromatic carbocycles. The summed E-state index contributed by atoms with van der Waals surface area (Å²) in [6.07, 6.45) is 0.334. The number of nitrogens with zero attached hydrogens (tertiary/aromatic N) is 2. The molecule has 0 spiro atoms. The molecule has 0 bridgehead atoms. The van der Waals surface area contributed by atoms with Crippen LogP contribution in [0.5, 0.6) is 0 Å². The van der Waals surface area contributed by atoms with Gasteiger partial charge in [0.2, 0.25) is 5.91 Å². The lowest BCUT2D eigenvalue weighted by molar-refractivity contribution is -0.143. The molecule has 0 saturated carbocycles. The van der Waals surface area contributed by atoms with Crippen LogP contribution >= 0.6 is 0 Å². The summed E-state index contributed by atoms with van der Waals surface area (Å²) in [7, 11) is 0. The number of anilines is 1. The highest BCUT2D eigenvalue weighted by molar-refractivity contribution is 5.83. The van der Waals surface area contributed by atoms with Crippen molar-refractivity contribution >= 4 is 17.6 Å². The summed E-state index contributed by atoms with van der Waals surface area (Å²) in [4.78, 5) is 27.8. The molecule has 1 atom stereocenters. The number of carboxylic acid groups (broad SMARTS) is 1. The minimum atomic E-state index is -0.977. The predicted molar refractivity (Wildman–Crippen MR) is 98.9 cm³/mol. The number of aliphatic carboxylic acids is 1. The summed E-state index contributed by atoms with van der Waals surface area (Å²) in [6.45, 7) is 10.1. The summed E-state index contributed by atoms with van der Waals surface area (Å²) in [5.41, 5.74) is 2.51. The van der Waals surface area contributed by atoms with Crippen LogP contribution in [0.3, 0.4) is 0 Å². The van der Waals surface area contributed by atoms with Gasteiger partial charge in [0.15, 0.2) is 0 Å². The molecule has 1 aliphatic rings. The van der Waals surface area contributed by atoms with E-state index >= 15 is 0 Å². The van der Waals surface area contributed by atoms with E-state index in [0.717, 1.165) is 26.2 Å². The van der Waals surface area contributed by atoms with Crippen LogP contribution in [0.15, 0.2) is 24.3 Å². The van der Waals surface area contributed by atoms with Crippen molar-refractivity contribution in [2.45, 2.75) is 33.2 Å². The number of amides is 1. The van der Waals surface area contributed by atoms with Crippen LogP contribution in [-0.4, -0.2) is 60.6 Å². The number of nitrogens with one attached hydrogen (secondary N) is 1. The van der Waals surface area contributed by atoms with Crippen LogP contribution in [0.1, 0.15) is 25.8 Å². The normalized spacial score (nSPS) is 16.7. The van der Waals surface area contributed by atoms with Crippen molar-refractivity contribution in [1.82, 2.24) is 10.2 Å². The molecule has 2 N–H and O–H groups in total. The smallest absolute Gasteiger partial charge is 0.326 e. The van der Waals surface area contributed by atoms with Crippen LogP contribution in [0, 0.1) is 12.8 Å². The Balaban J connectivity index is 1.75. The Morgan fingerprint density at radius 1 is 1.20 bits per heavy atom. The fourth-order valence-electron chi connectivity index (χ4n) is 3.07. The third-order valence-corrected chi connectivity index (χ3v) is 4.64. The van der Waals surface area contributed by atoms with Crippen LogP contribution in [0.2, 0.25) is 0 Å².